The van der Waals surface area contributed by atoms with Crippen molar-refractivity contribution in [2.75, 3.05) is 17.2 Å². The zero-order valence-corrected chi connectivity index (χ0v) is 21.9. The third kappa shape index (κ3) is 9.90. The summed E-state index contributed by atoms with van der Waals surface area (Å²) in [5.74, 6) is -4.62. The van der Waals surface area contributed by atoms with Gasteiger partial charge in [0.15, 0.2) is 5.13 Å². The van der Waals surface area contributed by atoms with E-state index >= 15 is 0 Å². The molecule has 4 aromatic rings. The Labute approximate surface area is 234 Å². The quantitative estimate of drug-likeness (QED) is 0.222. The zero-order valence-electron chi connectivity index (χ0n) is 21.0. The molecule has 0 atom stereocenters. The summed E-state index contributed by atoms with van der Waals surface area (Å²) in [7, 11) is 0. The molecule has 11 nitrogen and oxygen atoms in total. The fourth-order valence-electron chi connectivity index (χ4n) is 3.11. The lowest BCUT2D eigenvalue weighted by Gasteiger charge is -2.21. The SMILES string of the molecule is NC(=O)c1ccc2nc(N)sc2c1.NCc1cccc(C(=O)N(CC(=O)O)c2ccccc2)c1.O=C(O)C(F)(F)F. The van der Waals surface area contributed by atoms with Crippen molar-refractivity contribution in [3.63, 3.8) is 0 Å². The molecule has 0 saturated carbocycles. The number of halogens is 3. The topological polar surface area (TPSA) is 203 Å². The van der Waals surface area contributed by atoms with Crippen molar-refractivity contribution in [1.29, 1.82) is 0 Å². The molecule has 15 heteroatoms. The van der Waals surface area contributed by atoms with E-state index in [4.69, 9.17) is 32.2 Å². The lowest BCUT2D eigenvalue weighted by atomic mass is 10.1. The van der Waals surface area contributed by atoms with Crippen LogP contribution in [0.25, 0.3) is 10.2 Å². The van der Waals surface area contributed by atoms with E-state index in [1.807, 2.05) is 12.1 Å². The van der Waals surface area contributed by atoms with E-state index in [2.05, 4.69) is 4.98 Å². The largest absolute Gasteiger partial charge is 0.490 e. The number of fused-ring (bicyclic) bond motifs is 1. The molecule has 0 radical (unpaired) electrons. The minimum Gasteiger partial charge on any atom is -0.480 e. The van der Waals surface area contributed by atoms with Crippen molar-refractivity contribution >= 4 is 56.1 Å². The lowest BCUT2D eigenvalue weighted by Crippen LogP contribution is -2.35. The number of nitrogen functional groups attached to an aromatic ring is 1. The van der Waals surface area contributed by atoms with Gasteiger partial charge in [-0.25, -0.2) is 9.78 Å². The molecule has 2 amide bonds. The highest BCUT2D eigenvalue weighted by atomic mass is 32.1. The number of carbonyl (C=O) groups excluding carboxylic acids is 2. The molecular formula is C26H24F3N5O6S. The fraction of sp³-hybridized carbons (Fsp3) is 0.115. The molecule has 0 aliphatic rings. The average molecular weight is 592 g/mol. The van der Waals surface area contributed by atoms with Gasteiger partial charge in [0.25, 0.3) is 5.91 Å². The predicted octanol–water partition coefficient (Wildman–Crippen LogP) is 3.49. The second-order valence-electron chi connectivity index (χ2n) is 7.93. The van der Waals surface area contributed by atoms with E-state index in [0.29, 0.717) is 28.5 Å². The predicted molar refractivity (Wildman–Crippen MR) is 146 cm³/mol. The van der Waals surface area contributed by atoms with Crippen LogP contribution >= 0.6 is 11.3 Å². The molecule has 0 fully saturated rings. The Bertz CT molecular complexity index is 1530. The molecule has 0 bridgehead atoms. The Balaban J connectivity index is 0.000000249. The first-order valence-corrected chi connectivity index (χ1v) is 12.2. The Hall–Kier alpha value is -5.02. The lowest BCUT2D eigenvalue weighted by molar-refractivity contribution is -0.192. The van der Waals surface area contributed by atoms with E-state index in [-0.39, 0.29) is 5.91 Å². The molecule has 4 rings (SSSR count). The molecule has 1 heterocycles. The van der Waals surface area contributed by atoms with Gasteiger partial charge in [-0.3, -0.25) is 19.3 Å². The Morgan fingerprint density at radius 3 is 2.07 bits per heavy atom. The molecular weight excluding hydrogens is 567 g/mol. The number of nitrogens with two attached hydrogens (primary N) is 3. The number of benzene rings is 3. The number of alkyl halides is 3. The molecule has 3 aromatic carbocycles. The molecule has 0 saturated heterocycles. The van der Waals surface area contributed by atoms with Crippen LogP contribution in [0.15, 0.2) is 72.8 Å². The highest BCUT2D eigenvalue weighted by Crippen LogP contribution is 2.24. The number of amides is 2. The Morgan fingerprint density at radius 2 is 1.54 bits per heavy atom. The summed E-state index contributed by atoms with van der Waals surface area (Å²) >= 11 is 1.34. The molecule has 0 aliphatic heterocycles. The number of anilines is 2. The number of carboxylic acid groups (broad SMARTS) is 2. The van der Waals surface area contributed by atoms with E-state index < -0.39 is 30.6 Å². The number of aromatic nitrogens is 1. The molecule has 0 unspecified atom stereocenters. The monoisotopic (exact) mass is 591 g/mol. The summed E-state index contributed by atoms with van der Waals surface area (Å²) < 4.78 is 32.6. The summed E-state index contributed by atoms with van der Waals surface area (Å²) in [4.78, 5) is 48.6. The first-order chi connectivity index (χ1) is 19.2. The Kier molecular flexibility index (Phi) is 11.3. The Morgan fingerprint density at radius 1 is 0.902 bits per heavy atom. The van der Waals surface area contributed by atoms with E-state index in [9.17, 15) is 27.6 Å². The molecule has 0 aliphatic carbocycles. The van der Waals surface area contributed by atoms with Crippen molar-refractivity contribution in [2.24, 2.45) is 11.5 Å². The number of carboxylic acids is 2. The summed E-state index contributed by atoms with van der Waals surface area (Å²) in [5, 5.41) is 16.6. The number of hydrogen-bond donors (Lipinski definition) is 5. The summed E-state index contributed by atoms with van der Waals surface area (Å²) in [6.45, 7) is -0.0684. The van der Waals surface area contributed by atoms with Crippen molar-refractivity contribution in [2.45, 2.75) is 12.7 Å². The highest BCUT2D eigenvalue weighted by Gasteiger charge is 2.38. The maximum Gasteiger partial charge on any atom is 0.490 e. The van der Waals surface area contributed by atoms with Crippen molar-refractivity contribution in [1.82, 2.24) is 4.98 Å². The second kappa shape index (κ2) is 14.4. The van der Waals surface area contributed by atoms with Crippen LogP contribution < -0.4 is 22.1 Å². The van der Waals surface area contributed by atoms with Crippen LogP contribution in [-0.4, -0.2) is 51.7 Å². The van der Waals surface area contributed by atoms with Gasteiger partial charge in [0.05, 0.1) is 10.2 Å². The number of carbonyl (C=O) groups is 4. The van der Waals surface area contributed by atoms with E-state index in [1.54, 1.807) is 60.7 Å². The van der Waals surface area contributed by atoms with Crippen molar-refractivity contribution in [3.8, 4) is 0 Å². The van der Waals surface area contributed by atoms with Gasteiger partial charge in [0.1, 0.15) is 6.54 Å². The van der Waals surface area contributed by atoms with Crippen LogP contribution in [0.1, 0.15) is 26.3 Å². The minimum absolute atomic E-state index is 0.325. The molecule has 8 N–H and O–H groups in total. The van der Waals surface area contributed by atoms with Crippen LogP contribution in [0.5, 0.6) is 0 Å². The number of aliphatic carboxylic acids is 2. The first-order valence-electron chi connectivity index (χ1n) is 11.4. The standard InChI is InChI=1S/C16H16N2O3.C8H7N3OS.C2HF3O2/c17-10-12-5-4-6-13(9-12)16(21)18(11-15(19)20)14-7-2-1-3-8-14;9-7(12)4-1-2-5-6(3-4)13-8(10)11-5;3-2(4,5)1(6)7/h1-9H,10-11,17H2,(H,19,20);1-3H,(H2,9,12)(H2,10,11);(H,6,7). The number of hydrogen-bond acceptors (Lipinski definition) is 8. The van der Waals surface area contributed by atoms with Gasteiger partial charge in [-0.1, -0.05) is 41.7 Å². The average Bonchev–Trinajstić information content (AvgIpc) is 3.31. The zero-order chi connectivity index (χ0) is 30.7. The van der Waals surface area contributed by atoms with Crippen LogP contribution in [0.2, 0.25) is 0 Å². The maximum atomic E-state index is 12.6. The van der Waals surface area contributed by atoms with Crippen LogP contribution in [0.3, 0.4) is 0 Å². The molecule has 1 aromatic heterocycles. The second-order valence-corrected chi connectivity index (χ2v) is 8.99. The summed E-state index contributed by atoms with van der Waals surface area (Å²) in [6, 6.07) is 20.7. The minimum atomic E-state index is -5.08. The number of thiazole rings is 1. The number of rotatable bonds is 6. The van der Waals surface area contributed by atoms with Gasteiger partial charge < -0.3 is 27.4 Å². The fourth-order valence-corrected chi connectivity index (χ4v) is 3.88. The number of primary amides is 1. The van der Waals surface area contributed by atoms with Crippen LogP contribution in [-0.2, 0) is 16.1 Å². The van der Waals surface area contributed by atoms with Gasteiger partial charge >= 0.3 is 18.1 Å². The number of para-hydroxylation sites is 1. The normalized spacial score (nSPS) is 10.4. The van der Waals surface area contributed by atoms with E-state index in [0.717, 1.165) is 15.8 Å². The van der Waals surface area contributed by atoms with Gasteiger partial charge in [0.2, 0.25) is 5.91 Å². The van der Waals surface area contributed by atoms with Gasteiger partial charge in [-0.15, -0.1) is 0 Å². The van der Waals surface area contributed by atoms with Crippen molar-refractivity contribution in [3.05, 3.63) is 89.5 Å². The van der Waals surface area contributed by atoms with Gasteiger partial charge in [-0.05, 0) is 48.0 Å². The van der Waals surface area contributed by atoms with Gasteiger partial charge in [-0.2, -0.15) is 13.2 Å². The third-order valence-electron chi connectivity index (χ3n) is 4.95. The van der Waals surface area contributed by atoms with Crippen LogP contribution in [0, 0.1) is 0 Å². The smallest absolute Gasteiger partial charge is 0.480 e. The summed E-state index contributed by atoms with van der Waals surface area (Å²) in [6.07, 6.45) is -5.08. The third-order valence-corrected chi connectivity index (χ3v) is 5.80. The van der Waals surface area contributed by atoms with E-state index in [1.165, 1.54) is 16.2 Å². The first kappa shape index (κ1) is 32.2. The van der Waals surface area contributed by atoms with Crippen LogP contribution in [0.4, 0.5) is 24.0 Å². The van der Waals surface area contributed by atoms with Crippen molar-refractivity contribution < 1.29 is 42.6 Å². The number of nitrogens with zero attached hydrogens (tertiary/aromatic N) is 2. The summed E-state index contributed by atoms with van der Waals surface area (Å²) in [5.41, 5.74) is 19.3. The van der Waals surface area contributed by atoms with Gasteiger partial charge in [0, 0.05) is 23.4 Å². The molecule has 0 spiro atoms. The maximum absolute atomic E-state index is 12.6. The molecule has 216 valence electrons. The molecule has 41 heavy (non-hydrogen) atoms. The highest BCUT2D eigenvalue weighted by molar-refractivity contribution is 7.22.